The van der Waals surface area contributed by atoms with Gasteiger partial charge in [0.1, 0.15) is 0 Å². The van der Waals surface area contributed by atoms with Gasteiger partial charge in [0.15, 0.2) is 0 Å². The molecule has 0 bridgehead atoms. The van der Waals surface area contributed by atoms with E-state index in [1.54, 1.807) is 30.1 Å². The van der Waals surface area contributed by atoms with Crippen molar-refractivity contribution in [1.29, 1.82) is 0 Å². The lowest BCUT2D eigenvalue weighted by Gasteiger charge is -2.58. The first-order valence-corrected chi connectivity index (χ1v) is 15.2. The van der Waals surface area contributed by atoms with Crippen molar-refractivity contribution in [3.63, 3.8) is 0 Å². The Hall–Kier alpha value is -1.97. The average Bonchev–Trinajstić information content (AvgIpc) is 3.24. The summed E-state index contributed by atoms with van der Waals surface area (Å²) < 4.78 is 0. The van der Waals surface area contributed by atoms with Gasteiger partial charge in [0.05, 0.1) is 0 Å². The summed E-state index contributed by atoms with van der Waals surface area (Å²) >= 11 is 0. The first-order chi connectivity index (χ1) is 17.7. The van der Waals surface area contributed by atoms with Crippen molar-refractivity contribution in [1.82, 2.24) is 10.4 Å². The molecule has 1 aromatic heterocycles. The number of hydrogen-bond acceptors (Lipinski definition) is 3. The third-order valence-corrected chi connectivity index (χ3v) is 11.4. The summed E-state index contributed by atoms with van der Waals surface area (Å²) in [4.78, 5) is 16.5. The molecule has 1 heterocycles. The second kappa shape index (κ2) is 10.7. The van der Waals surface area contributed by atoms with Gasteiger partial charge in [0.25, 0.3) is 5.91 Å². The topological polar surface area (TPSA) is 54.4 Å². The van der Waals surface area contributed by atoms with Crippen LogP contribution in [0.25, 0.3) is 0 Å². The number of nitrogens with zero attached hydrogens (tertiary/aromatic N) is 2. The molecule has 202 valence electrons. The maximum Gasteiger partial charge on any atom is 0.271 e. The number of carbonyl (C=O) groups is 1. The van der Waals surface area contributed by atoms with E-state index in [-0.39, 0.29) is 5.91 Å². The molecule has 1 aromatic rings. The van der Waals surface area contributed by atoms with Crippen LogP contribution in [0, 0.1) is 46.3 Å². The Labute approximate surface area is 225 Å². The van der Waals surface area contributed by atoms with E-state index in [1.807, 2.05) is 0 Å². The van der Waals surface area contributed by atoms with Crippen molar-refractivity contribution < 1.29 is 4.79 Å². The predicted molar refractivity (Wildman–Crippen MR) is 152 cm³/mol. The van der Waals surface area contributed by atoms with Crippen molar-refractivity contribution in [2.75, 3.05) is 0 Å². The third kappa shape index (κ3) is 5.06. The summed E-state index contributed by atoms with van der Waals surface area (Å²) in [5.74, 6) is 5.02. The van der Waals surface area contributed by atoms with Gasteiger partial charge in [0, 0.05) is 30.1 Å². The van der Waals surface area contributed by atoms with E-state index in [2.05, 4.69) is 56.2 Å². The van der Waals surface area contributed by atoms with Crippen LogP contribution < -0.4 is 5.43 Å². The molecule has 0 aromatic carbocycles. The van der Waals surface area contributed by atoms with Crippen molar-refractivity contribution in [3.8, 4) is 0 Å². The monoisotopic (exact) mass is 503 g/mol. The number of fused-ring (bicyclic) bond motifs is 5. The fraction of sp³-hybridized carbons (Fsp3) is 0.727. The maximum atomic E-state index is 12.5. The Balaban J connectivity index is 1.25. The molecule has 1 N–H and O–H groups in total. The molecular formula is C33H49N3O. The normalized spacial score (nSPS) is 36.9. The smallest absolute Gasteiger partial charge is 0.267 e. The van der Waals surface area contributed by atoms with E-state index in [4.69, 9.17) is 0 Å². The summed E-state index contributed by atoms with van der Waals surface area (Å²) in [6.45, 7) is 12.5. The molecular weight excluding hydrogens is 454 g/mol. The van der Waals surface area contributed by atoms with Gasteiger partial charge in [-0.15, -0.1) is 0 Å². The van der Waals surface area contributed by atoms with E-state index >= 15 is 0 Å². The molecule has 0 saturated heterocycles. The molecule has 1 amide bonds. The van der Waals surface area contributed by atoms with Crippen LogP contribution in [0.3, 0.4) is 0 Å². The molecule has 37 heavy (non-hydrogen) atoms. The predicted octanol–water partition coefficient (Wildman–Crippen LogP) is 8.21. The number of pyridine rings is 1. The van der Waals surface area contributed by atoms with Gasteiger partial charge in [-0.3, -0.25) is 9.78 Å². The van der Waals surface area contributed by atoms with Gasteiger partial charge in [-0.1, -0.05) is 65.5 Å². The van der Waals surface area contributed by atoms with Gasteiger partial charge in [-0.25, -0.2) is 5.43 Å². The number of rotatable bonds is 7. The SMILES string of the molecule is CC(C)CCC[C@@H](C)[C@H]1CC[C@H]2[C@@H]3CC=C4C/C(=N/NC(=O)c5ccncc5)CC[C@]4(C)[C@H]3CC[C@]12C. The van der Waals surface area contributed by atoms with E-state index in [9.17, 15) is 4.79 Å². The molecule has 4 nitrogen and oxygen atoms in total. The summed E-state index contributed by atoms with van der Waals surface area (Å²) in [6, 6.07) is 3.46. The fourth-order valence-electron chi connectivity index (χ4n) is 9.31. The Morgan fingerprint density at radius 2 is 1.86 bits per heavy atom. The van der Waals surface area contributed by atoms with Gasteiger partial charge in [-0.05, 0) is 103 Å². The lowest BCUT2D eigenvalue weighted by molar-refractivity contribution is -0.0468. The van der Waals surface area contributed by atoms with E-state index in [0.29, 0.717) is 16.4 Å². The molecule has 0 spiro atoms. The van der Waals surface area contributed by atoms with Crippen LogP contribution in [-0.2, 0) is 0 Å². The zero-order chi connectivity index (χ0) is 26.2. The van der Waals surface area contributed by atoms with Crippen molar-refractivity contribution >= 4 is 11.6 Å². The van der Waals surface area contributed by atoms with Gasteiger partial charge in [-0.2, -0.15) is 5.10 Å². The molecule has 4 aliphatic carbocycles. The molecule has 0 unspecified atom stereocenters. The quantitative estimate of drug-likeness (QED) is 0.301. The molecule has 5 rings (SSSR count). The molecule has 4 aliphatic rings. The summed E-state index contributed by atoms with van der Waals surface area (Å²) in [6.07, 6.45) is 20.1. The van der Waals surface area contributed by atoms with E-state index in [1.165, 1.54) is 57.8 Å². The Morgan fingerprint density at radius 3 is 2.62 bits per heavy atom. The minimum atomic E-state index is -0.151. The minimum absolute atomic E-state index is 0.151. The fourth-order valence-corrected chi connectivity index (χ4v) is 9.31. The molecule has 4 heteroatoms. The molecule has 3 saturated carbocycles. The number of carbonyl (C=O) groups excluding carboxylic acids is 1. The Morgan fingerprint density at radius 1 is 1.08 bits per heavy atom. The minimum Gasteiger partial charge on any atom is -0.267 e. The maximum absolute atomic E-state index is 12.5. The second-order valence-electron chi connectivity index (χ2n) is 13.8. The van der Waals surface area contributed by atoms with Crippen LogP contribution in [0.5, 0.6) is 0 Å². The second-order valence-corrected chi connectivity index (χ2v) is 13.8. The highest BCUT2D eigenvalue weighted by atomic mass is 16.2. The zero-order valence-electron chi connectivity index (χ0n) is 23.9. The summed E-state index contributed by atoms with van der Waals surface area (Å²) in [5, 5.41) is 4.57. The van der Waals surface area contributed by atoms with E-state index < -0.39 is 0 Å². The van der Waals surface area contributed by atoms with E-state index in [0.717, 1.165) is 54.1 Å². The number of nitrogens with one attached hydrogen (secondary N) is 1. The largest absolute Gasteiger partial charge is 0.271 e. The summed E-state index contributed by atoms with van der Waals surface area (Å²) in [5.41, 5.74) is 6.97. The lowest BCUT2D eigenvalue weighted by Crippen LogP contribution is -2.50. The zero-order valence-corrected chi connectivity index (χ0v) is 23.9. The number of hydrazone groups is 1. The number of allylic oxidation sites excluding steroid dienone is 2. The van der Waals surface area contributed by atoms with Gasteiger partial charge in [0.2, 0.25) is 0 Å². The lowest BCUT2D eigenvalue weighted by atomic mass is 9.47. The first-order valence-electron chi connectivity index (χ1n) is 15.2. The van der Waals surface area contributed by atoms with Gasteiger partial charge < -0.3 is 0 Å². The number of amides is 1. The van der Waals surface area contributed by atoms with Crippen molar-refractivity contribution in [2.45, 2.75) is 105 Å². The Bertz CT molecular complexity index is 1030. The van der Waals surface area contributed by atoms with Crippen LogP contribution in [0.2, 0.25) is 0 Å². The van der Waals surface area contributed by atoms with Crippen LogP contribution in [0.1, 0.15) is 116 Å². The van der Waals surface area contributed by atoms with Gasteiger partial charge >= 0.3 is 0 Å². The molecule has 7 atom stereocenters. The molecule has 0 radical (unpaired) electrons. The highest BCUT2D eigenvalue weighted by Crippen LogP contribution is 2.67. The Kier molecular flexibility index (Phi) is 7.67. The van der Waals surface area contributed by atoms with Crippen LogP contribution in [-0.4, -0.2) is 16.6 Å². The highest BCUT2D eigenvalue weighted by Gasteiger charge is 2.58. The molecule has 3 fully saturated rings. The molecule has 0 aliphatic heterocycles. The third-order valence-electron chi connectivity index (χ3n) is 11.4. The first kappa shape index (κ1) is 26.6. The highest BCUT2D eigenvalue weighted by molar-refractivity contribution is 5.95. The van der Waals surface area contributed by atoms with Crippen molar-refractivity contribution in [2.24, 2.45) is 51.4 Å². The number of hydrogen-bond donors (Lipinski definition) is 1. The van der Waals surface area contributed by atoms with Crippen molar-refractivity contribution in [3.05, 3.63) is 41.7 Å². The average molecular weight is 504 g/mol. The summed E-state index contributed by atoms with van der Waals surface area (Å²) in [7, 11) is 0. The van der Waals surface area contributed by atoms with Crippen LogP contribution >= 0.6 is 0 Å². The standard InChI is InChI=1S/C33H49N3O/c1-22(2)7-6-8-23(3)28-11-12-29-27-10-9-25-21-26(35-36-31(37)24-15-19-34-20-16-24)13-17-32(25,4)30(27)14-18-33(28,29)5/h9,15-16,19-20,22-23,27-30H,6-8,10-14,17-18,21H2,1-5H3,(H,36,37)/b35-26+/t23-,27+,28-,29+,30+,32+,33-/m1/s1. The number of aromatic nitrogens is 1. The van der Waals surface area contributed by atoms with Crippen LogP contribution in [0.4, 0.5) is 0 Å². The van der Waals surface area contributed by atoms with Crippen LogP contribution in [0.15, 0.2) is 41.3 Å².